The van der Waals surface area contributed by atoms with Crippen molar-refractivity contribution in [3.63, 3.8) is 0 Å². The molecule has 29 heavy (non-hydrogen) atoms. The molecule has 0 spiro atoms. The number of hydrogen-bond acceptors (Lipinski definition) is 6. The van der Waals surface area contributed by atoms with Crippen molar-refractivity contribution in [3.05, 3.63) is 96.8 Å². The summed E-state index contributed by atoms with van der Waals surface area (Å²) in [5.41, 5.74) is 13.8. The van der Waals surface area contributed by atoms with Gasteiger partial charge in [0, 0.05) is 12.4 Å². The summed E-state index contributed by atoms with van der Waals surface area (Å²) in [5, 5.41) is 0. The van der Waals surface area contributed by atoms with Gasteiger partial charge in [0.15, 0.2) is 11.6 Å². The number of nitrogens with one attached hydrogen (secondary N) is 2. The Hall–Kier alpha value is -4.20. The quantitative estimate of drug-likeness (QED) is 0.440. The molecule has 0 saturated carbocycles. The summed E-state index contributed by atoms with van der Waals surface area (Å²) < 4.78 is 1.67. The molecule has 4 rings (SSSR count). The Morgan fingerprint density at radius 1 is 0.966 bits per heavy atom. The van der Waals surface area contributed by atoms with Crippen LogP contribution in [0.15, 0.2) is 85.7 Å². The number of nitrogens with two attached hydrogens (primary N) is 1. The maximum absolute atomic E-state index is 13.1. The van der Waals surface area contributed by atoms with Gasteiger partial charge in [-0.15, -0.1) is 0 Å². The Balaban J connectivity index is 1.57. The molecule has 0 radical (unpaired) electrons. The number of anilines is 2. The van der Waals surface area contributed by atoms with Gasteiger partial charge in [0.05, 0.1) is 5.92 Å². The van der Waals surface area contributed by atoms with Crippen LogP contribution in [0.25, 0.3) is 5.82 Å². The molecule has 0 atom stereocenters. The predicted molar refractivity (Wildman–Crippen MR) is 110 cm³/mol. The third-order valence-electron chi connectivity index (χ3n) is 4.44. The maximum Gasteiger partial charge on any atom is 0.250 e. The summed E-state index contributed by atoms with van der Waals surface area (Å²) >= 11 is 0. The fourth-order valence-electron chi connectivity index (χ4n) is 3.06. The van der Waals surface area contributed by atoms with Gasteiger partial charge in [-0.05, 0) is 11.1 Å². The lowest BCUT2D eigenvalue weighted by atomic mass is 9.91. The highest BCUT2D eigenvalue weighted by Gasteiger charge is 2.23. The van der Waals surface area contributed by atoms with Gasteiger partial charge in [-0.1, -0.05) is 60.7 Å². The molecule has 0 fully saturated rings. The standard InChI is InChI=1S/C21H19N7O/c22-18-19(24-13-25-20(18)28-12-11-23-14-28)26-27-21(29)17(15-7-3-1-4-8-15)16-9-5-2-6-10-16/h1-14,17H,22H2,(H,27,29)(H,24,25,26). The van der Waals surface area contributed by atoms with E-state index in [4.69, 9.17) is 5.73 Å². The van der Waals surface area contributed by atoms with Gasteiger partial charge in [-0.25, -0.2) is 15.0 Å². The number of imidazole rings is 1. The molecule has 144 valence electrons. The first-order valence-electron chi connectivity index (χ1n) is 8.98. The number of hydrazine groups is 1. The Kier molecular flexibility index (Phi) is 5.15. The highest BCUT2D eigenvalue weighted by atomic mass is 16.2. The van der Waals surface area contributed by atoms with Crippen molar-refractivity contribution in [1.82, 2.24) is 24.9 Å². The molecule has 0 aliphatic rings. The highest BCUT2D eigenvalue weighted by molar-refractivity contribution is 5.88. The molecule has 0 saturated heterocycles. The molecular weight excluding hydrogens is 366 g/mol. The van der Waals surface area contributed by atoms with Crippen molar-refractivity contribution in [1.29, 1.82) is 0 Å². The van der Waals surface area contributed by atoms with Crippen molar-refractivity contribution < 1.29 is 4.79 Å². The molecule has 0 bridgehead atoms. The van der Waals surface area contributed by atoms with Crippen LogP contribution in [0.2, 0.25) is 0 Å². The Morgan fingerprint density at radius 2 is 1.62 bits per heavy atom. The summed E-state index contributed by atoms with van der Waals surface area (Å²) in [6.07, 6.45) is 6.30. The molecule has 0 aliphatic carbocycles. The lowest BCUT2D eigenvalue weighted by molar-refractivity contribution is -0.121. The Labute approximate surface area is 167 Å². The van der Waals surface area contributed by atoms with Crippen molar-refractivity contribution >= 4 is 17.4 Å². The Bertz CT molecular complexity index is 1040. The molecule has 2 aromatic heterocycles. The van der Waals surface area contributed by atoms with Crippen LogP contribution < -0.4 is 16.6 Å². The van der Waals surface area contributed by atoms with E-state index in [1.54, 1.807) is 23.3 Å². The van der Waals surface area contributed by atoms with E-state index in [1.807, 2.05) is 60.7 Å². The predicted octanol–water partition coefficient (Wildman–Crippen LogP) is 2.52. The number of aromatic nitrogens is 4. The second kappa shape index (κ2) is 8.22. The number of rotatable bonds is 6. The minimum atomic E-state index is -0.485. The van der Waals surface area contributed by atoms with E-state index in [1.165, 1.54) is 6.33 Å². The van der Waals surface area contributed by atoms with Crippen LogP contribution in [0, 0.1) is 0 Å². The second-order valence-corrected chi connectivity index (χ2v) is 6.30. The number of carbonyl (C=O) groups excluding carboxylic acids is 1. The van der Waals surface area contributed by atoms with Gasteiger partial charge in [0.25, 0.3) is 0 Å². The summed E-state index contributed by atoms with van der Waals surface area (Å²) in [4.78, 5) is 25.4. The van der Waals surface area contributed by atoms with Crippen molar-refractivity contribution in [2.45, 2.75) is 5.92 Å². The zero-order valence-corrected chi connectivity index (χ0v) is 15.4. The van der Waals surface area contributed by atoms with E-state index >= 15 is 0 Å². The van der Waals surface area contributed by atoms with E-state index in [0.29, 0.717) is 17.3 Å². The smallest absolute Gasteiger partial charge is 0.250 e. The molecule has 8 nitrogen and oxygen atoms in total. The normalized spacial score (nSPS) is 10.7. The van der Waals surface area contributed by atoms with Crippen LogP contribution in [0.3, 0.4) is 0 Å². The number of carbonyl (C=O) groups is 1. The SMILES string of the molecule is Nc1c(NNC(=O)C(c2ccccc2)c2ccccc2)ncnc1-n1ccnc1. The number of nitrogens with zero attached hydrogens (tertiary/aromatic N) is 4. The van der Waals surface area contributed by atoms with Gasteiger partial charge in [-0.3, -0.25) is 20.2 Å². The van der Waals surface area contributed by atoms with Gasteiger partial charge in [0.1, 0.15) is 18.3 Å². The Morgan fingerprint density at radius 3 is 2.21 bits per heavy atom. The molecule has 2 heterocycles. The van der Waals surface area contributed by atoms with Gasteiger partial charge < -0.3 is 5.73 Å². The molecule has 4 N–H and O–H groups in total. The lowest BCUT2D eigenvalue weighted by Crippen LogP contribution is -2.35. The molecule has 0 unspecified atom stereocenters. The fourth-order valence-corrected chi connectivity index (χ4v) is 3.06. The van der Waals surface area contributed by atoms with Crippen LogP contribution in [0.5, 0.6) is 0 Å². The summed E-state index contributed by atoms with van der Waals surface area (Å²) in [6.45, 7) is 0. The number of nitrogen functional groups attached to an aromatic ring is 1. The van der Waals surface area contributed by atoms with Crippen molar-refractivity contribution in [3.8, 4) is 5.82 Å². The fraction of sp³-hybridized carbons (Fsp3) is 0.0476. The van der Waals surface area contributed by atoms with E-state index in [9.17, 15) is 4.79 Å². The van der Waals surface area contributed by atoms with Crippen LogP contribution in [-0.2, 0) is 4.79 Å². The summed E-state index contributed by atoms with van der Waals surface area (Å²) in [6, 6.07) is 19.2. The average Bonchev–Trinajstić information content (AvgIpc) is 3.29. The second-order valence-electron chi connectivity index (χ2n) is 6.30. The zero-order chi connectivity index (χ0) is 20.1. The monoisotopic (exact) mass is 385 g/mol. The third-order valence-corrected chi connectivity index (χ3v) is 4.44. The van der Waals surface area contributed by atoms with E-state index in [-0.39, 0.29) is 5.91 Å². The molecule has 8 heteroatoms. The van der Waals surface area contributed by atoms with Crippen molar-refractivity contribution in [2.75, 3.05) is 11.2 Å². The van der Waals surface area contributed by atoms with E-state index in [2.05, 4.69) is 25.8 Å². The van der Waals surface area contributed by atoms with Crippen LogP contribution in [0.4, 0.5) is 11.5 Å². The molecule has 4 aromatic rings. The topological polar surface area (TPSA) is 111 Å². The lowest BCUT2D eigenvalue weighted by Gasteiger charge is -2.19. The summed E-state index contributed by atoms with van der Waals surface area (Å²) in [5.74, 6) is 0.0551. The molecule has 0 aliphatic heterocycles. The first kappa shape index (κ1) is 18.2. The number of hydrogen-bond donors (Lipinski definition) is 3. The van der Waals surface area contributed by atoms with Crippen LogP contribution in [-0.4, -0.2) is 25.4 Å². The largest absolute Gasteiger partial charge is 0.393 e. The van der Waals surface area contributed by atoms with Gasteiger partial charge in [0.2, 0.25) is 5.91 Å². The van der Waals surface area contributed by atoms with E-state index in [0.717, 1.165) is 11.1 Å². The van der Waals surface area contributed by atoms with Crippen molar-refractivity contribution in [2.24, 2.45) is 0 Å². The third kappa shape index (κ3) is 3.91. The van der Waals surface area contributed by atoms with Gasteiger partial charge >= 0.3 is 0 Å². The zero-order valence-electron chi connectivity index (χ0n) is 15.4. The molecule has 1 amide bonds. The van der Waals surface area contributed by atoms with E-state index < -0.39 is 5.92 Å². The first-order chi connectivity index (χ1) is 14.2. The number of benzene rings is 2. The highest BCUT2D eigenvalue weighted by Crippen LogP contribution is 2.25. The average molecular weight is 385 g/mol. The minimum absolute atomic E-state index is 0.232. The maximum atomic E-state index is 13.1. The van der Waals surface area contributed by atoms with Crippen LogP contribution in [0.1, 0.15) is 17.0 Å². The summed E-state index contributed by atoms with van der Waals surface area (Å²) in [7, 11) is 0. The van der Waals surface area contributed by atoms with Gasteiger partial charge in [-0.2, -0.15) is 0 Å². The number of amides is 1. The molecule has 2 aromatic carbocycles. The molecular formula is C21H19N7O. The minimum Gasteiger partial charge on any atom is -0.393 e. The van der Waals surface area contributed by atoms with Crippen LogP contribution >= 0.6 is 0 Å². The first-order valence-corrected chi connectivity index (χ1v) is 8.98.